The minimum absolute atomic E-state index is 0.356. The molecule has 1 atom stereocenters. The molecule has 17 heavy (non-hydrogen) atoms. The quantitative estimate of drug-likeness (QED) is 0.800. The lowest BCUT2D eigenvalue weighted by Gasteiger charge is -2.48. The van der Waals surface area contributed by atoms with Crippen LogP contribution in [0.2, 0.25) is 0 Å². The number of hydrogen-bond donors (Lipinski definition) is 1. The fraction of sp³-hybridized carbons (Fsp3) is 1.00. The topological polar surface area (TPSA) is 29.3 Å². The molecule has 2 nitrogen and oxygen atoms in total. The van der Waals surface area contributed by atoms with Crippen molar-refractivity contribution in [3.8, 4) is 0 Å². The van der Waals surface area contributed by atoms with Gasteiger partial charge in [-0.05, 0) is 38.1 Å². The maximum Gasteiger partial charge on any atom is 0.0331 e. The van der Waals surface area contributed by atoms with E-state index in [1.54, 1.807) is 0 Å². The molecular formula is C15H30N2. The number of nitrogens with two attached hydrogens (primary N) is 1. The minimum Gasteiger partial charge on any atom is -0.329 e. The predicted octanol–water partition coefficient (Wildman–Crippen LogP) is 3.16. The van der Waals surface area contributed by atoms with Gasteiger partial charge in [0.25, 0.3) is 0 Å². The normalized spacial score (nSPS) is 31.8. The van der Waals surface area contributed by atoms with Gasteiger partial charge in [-0.25, -0.2) is 0 Å². The lowest BCUT2D eigenvalue weighted by molar-refractivity contribution is 0.0312. The van der Waals surface area contributed by atoms with E-state index in [4.69, 9.17) is 5.73 Å². The second kappa shape index (κ2) is 6.19. The molecule has 0 spiro atoms. The summed E-state index contributed by atoms with van der Waals surface area (Å²) in [5, 5.41) is 0. The van der Waals surface area contributed by atoms with Gasteiger partial charge in [-0.3, -0.25) is 4.90 Å². The van der Waals surface area contributed by atoms with Gasteiger partial charge in [0.2, 0.25) is 0 Å². The first-order valence-corrected chi connectivity index (χ1v) is 7.72. The van der Waals surface area contributed by atoms with Gasteiger partial charge in [0.15, 0.2) is 0 Å². The second-order valence-corrected chi connectivity index (χ2v) is 6.39. The van der Waals surface area contributed by atoms with E-state index in [2.05, 4.69) is 11.8 Å². The Hall–Kier alpha value is -0.0800. The van der Waals surface area contributed by atoms with Gasteiger partial charge >= 0.3 is 0 Å². The first-order valence-electron chi connectivity index (χ1n) is 7.72. The summed E-state index contributed by atoms with van der Waals surface area (Å²) in [5.74, 6) is 0.873. The fourth-order valence-electron chi connectivity index (χ4n) is 3.83. The van der Waals surface area contributed by atoms with Crippen molar-refractivity contribution in [2.75, 3.05) is 19.6 Å². The molecule has 0 aromatic rings. The predicted molar refractivity (Wildman–Crippen MR) is 74.1 cm³/mol. The van der Waals surface area contributed by atoms with Crippen molar-refractivity contribution in [1.29, 1.82) is 0 Å². The van der Waals surface area contributed by atoms with Crippen LogP contribution >= 0.6 is 0 Å². The third-order valence-corrected chi connectivity index (χ3v) is 4.99. The van der Waals surface area contributed by atoms with Gasteiger partial charge in [-0.1, -0.05) is 39.0 Å². The summed E-state index contributed by atoms with van der Waals surface area (Å²) in [6.45, 7) is 5.86. The van der Waals surface area contributed by atoms with Crippen LogP contribution in [0.15, 0.2) is 0 Å². The number of piperidine rings is 1. The van der Waals surface area contributed by atoms with E-state index in [0.29, 0.717) is 5.54 Å². The Labute approximate surface area is 107 Å². The monoisotopic (exact) mass is 238 g/mol. The van der Waals surface area contributed by atoms with Gasteiger partial charge in [0, 0.05) is 18.6 Å². The average Bonchev–Trinajstić information content (AvgIpc) is 2.29. The summed E-state index contributed by atoms with van der Waals surface area (Å²) in [7, 11) is 0. The molecule has 1 aliphatic heterocycles. The smallest absolute Gasteiger partial charge is 0.0331 e. The highest BCUT2D eigenvalue weighted by molar-refractivity contribution is 4.94. The summed E-state index contributed by atoms with van der Waals surface area (Å²) in [6, 6.07) is 0. The minimum atomic E-state index is 0.356. The maximum absolute atomic E-state index is 6.19. The van der Waals surface area contributed by atoms with Crippen LogP contribution in [0.1, 0.15) is 64.7 Å². The van der Waals surface area contributed by atoms with Crippen LogP contribution in [0.3, 0.4) is 0 Å². The van der Waals surface area contributed by atoms with E-state index in [9.17, 15) is 0 Å². The van der Waals surface area contributed by atoms with Crippen molar-refractivity contribution in [3.63, 3.8) is 0 Å². The van der Waals surface area contributed by atoms with Crippen molar-refractivity contribution in [2.45, 2.75) is 70.3 Å². The third-order valence-electron chi connectivity index (χ3n) is 4.99. The molecule has 0 aromatic carbocycles. The summed E-state index contributed by atoms with van der Waals surface area (Å²) in [5.41, 5.74) is 6.55. The number of likely N-dealkylation sites (tertiary alicyclic amines) is 1. The number of nitrogens with zero attached hydrogens (tertiary/aromatic N) is 1. The van der Waals surface area contributed by atoms with E-state index in [0.717, 1.165) is 12.5 Å². The van der Waals surface area contributed by atoms with Crippen LogP contribution < -0.4 is 5.73 Å². The molecule has 1 saturated carbocycles. The standard InChI is InChI=1S/C15H30N2/c1-14-8-7-11-17(12-14)15(13-16)9-5-3-2-4-6-10-15/h14H,2-13,16H2,1H3. The highest BCUT2D eigenvalue weighted by Gasteiger charge is 2.36. The lowest BCUT2D eigenvalue weighted by atomic mass is 9.80. The summed E-state index contributed by atoms with van der Waals surface area (Å²) in [6.07, 6.45) is 12.5. The fourth-order valence-corrected chi connectivity index (χ4v) is 3.83. The Morgan fingerprint density at radius 2 is 1.71 bits per heavy atom. The number of rotatable bonds is 2. The van der Waals surface area contributed by atoms with Crippen molar-refractivity contribution in [3.05, 3.63) is 0 Å². The summed E-state index contributed by atoms with van der Waals surface area (Å²) in [4.78, 5) is 2.76. The molecule has 0 radical (unpaired) electrons. The Balaban J connectivity index is 2.04. The van der Waals surface area contributed by atoms with E-state index < -0.39 is 0 Å². The highest BCUT2D eigenvalue weighted by Crippen LogP contribution is 2.34. The van der Waals surface area contributed by atoms with Gasteiger partial charge < -0.3 is 5.73 Å². The molecular weight excluding hydrogens is 208 g/mol. The Morgan fingerprint density at radius 1 is 1.06 bits per heavy atom. The molecule has 100 valence electrons. The molecule has 0 aromatic heterocycles. The molecule has 2 heteroatoms. The van der Waals surface area contributed by atoms with Crippen LogP contribution in [-0.4, -0.2) is 30.1 Å². The van der Waals surface area contributed by atoms with Crippen molar-refractivity contribution >= 4 is 0 Å². The van der Waals surface area contributed by atoms with E-state index in [1.165, 1.54) is 70.9 Å². The molecule has 0 bridgehead atoms. The van der Waals surface area contributed by atoms with Crippen LogP contribution in [0.4, 0.5) is 0 Å². The summed E-state index contributed by atoms with van der Waals surface area (Å²) >= 11 is 0. The molecule has 2 rings (SSSR count). The molecule has 2 N–H and O–H groups in total. The Bertz CT molecular complexity index is 219. The maximum atomic E-state index is 6.19. The average molecular weight is 238 g/mol. The van der Waals surface area contributed by atoms with Gasteiger partial charge in [0.05, 0.1) is 0 Å². The second-order valence-electron chi connectivity index (χ2n) is 6.39. The molecule has 2 aliphatic rings. The first-order chi connectivity index (χ1) is 8.27. The van der Waals surface area contributed by atoms with Crippen molar-refractivity contribution < 1.29 is 0 Å². The lowest BCUT2D eigenvalue weighted by Crippen LogP contribution is -2.57. The Kier molecular flexibility index (Phi) is 4.87. The molecule has 1 unspecified atom stereocenters. The highest BCUT2D eigenvalue weighted by atomic mass is 15.2. The van der Waals surface area contributed by atoms with Gasteiger partial charge in [-0.15, -0.1) is 0 Å². The molecule has 0 amide bonds. The molecule has 1 heterocycles. The van der Waals surface area contributed by atoms with Crippen LogP contribution in [0.5, 0.6) is 0 Å². The zero-order valence-electron chi connectivity index (χ0n) is 11.6. The van der Waals surface area contributed by atoms with E-state index >= 15 is 0 Å². The van der Waals surface area contributed by atoms with Crippen LogP contribution in [0, 0.1) is 5.92 Å². The zero-order valence-corrected chi connectivity index (χ0v) is 11.6. The summed E-state index contributed by atoms with van der Waals surface area (Å²) < 4.78 is 0. The van der Waals surface area contributed by atoms with E-state index in [-0.39, 0.29) is 0 Å². The van der Waals surface area contributed by atoms with Gasteiger partial charge in [0.1, 0.15) is 0 Å². The molecule has 1 aliphatic carbocycles. The SMILES string of the molecule is CC1CCCN(C2(CN)CCCCCCC2)C1. The third kappa shape index (κ3) is 3.23. The van der Waals surface area contributed by atoms with E-state index in [1.807, 2.05) is 0 Å². The molecule has 2 fully saturated rings. The molecule has 1 saturated heterocycles. The van der Waals surface area contributed by atoms with Crippen LogP contribution in [-0.2, 0) is 0 Å². The van der Waals surface area contributed by atoms with Gasteiger partial charge in [-0.2, -0.15) is 0 Å². The zero-order chi connectivity index (χ0) is 12.1. The number of hydrogen-bond acceptors (Lipinski definition) is 2. The first kappa shape index (κ1) is 13.4. The Morgan fingerprint density at radius 3 is 2.29 bits per heavy atom. The van der Waals surface area contributed by atoms with Crippen molar-refractivity contribution in [1.82, 2.24) is 4.90 Å². The van der Waals surface area contributed by atoms with Crippen molar-refractivity contribution in [2.24, 2.45) is 11.7 Å². The van der Waals surface area contributed by atoms with Crippen LogP contribution in [0.25, 0.3) is 0 Å². The largest absolute Gasteiger partial charge is 0.329 e.